The first-order chi connectivity index (χ1) is 12.8. The predicted molar refractivity (Wildman–Crippen MR) is 109 cm³/mol. The Morgan fingerprint density at radius 2 is 1.12 bits per heavy atom. The van der Waals surface area contributed by atoms with Crippen molar-refractivity contribution in [2.75, 3.05) is 0 Å². The maximum atomic E-state index is 12.1. The monoisotopic (exact) mass is 355 g/mol. The van der Waals surface area contributed by atoms with Crippen LogP contribution in [0.1, 0.15) is 17.3 Å². The molecule has 0 bridgehead atoms. The Labute approximate surface area is 156 Å². The van der Waals surface area contributed by atoms with E-state index in [9.17, 15) is 4.79 Å². The van der Waals surface area contributed by atoms with Gasteiger partial charge >= 0.3 is 0 Å². The van der Waals surface area contributed by atoms with Crippen molar-refractivity contribution in [2.45, 2.75) is 21.6 Å². The highest BCUT2D eigenvalue weighted by Crippen LogP contribution is 2.36. The second-order valence-corrected chi connectivity index (χ2v) is 8.14. The lowest BCUT2D eigenvalue weighted by Gasteiger charge is -2.12. The van der Waals surface area contributed by atoms with Gasteiger partial charge in [0, 0.05) is 10.9 Å². The molecule has 0 N–H and O–H groups in total. The Morgan fingerprint density at radius 3 is 1.65 bits per heavy atom. The van der Waals surface area contributed by atoms with Crippen molar-refractivity contribution in [3.8, 4) is 0 Å². The van der Waals surface area contributed by atoms with E-state index in [1.165, 1.54) is 14.7 Å². The molecular weight excluding hydrogens is 336 g/mol. The summed E-state index contributed by atoms with van der Waals surface area (Å²) >= 11 is 0. The Bertz CT molecular complexity index is 1020. The Morgan fingerprint density at radius 1 is 0.615 bits per heavy atom. The molecule has 0 aliphatic carbocycles. The summed E-state index contributed by atoms with van der Waals surface area (Å²) in [4.78, 5) is 15.9. The molecule has 0 aliphatic rings. The quantitative estimate of drug-likeness (QED) is 0.317. The fraction of sp³-hybridized carbons (Fsp3) is 0.0417. The van der Waals surface area contributed by atoms with Crippen LogP contribution in [0.2, 0.25) is 0 Å². The molecule has 2 heteroatoms. The molecular formula is C24H19OS+. The van der Waals surface area contributed by atoms with Gasteiger partial charge in [-0.15, -0.1) is 0 Å². The molecule has 0 aromatic heterocycles. The molecule has 0 atom stereocenters. The zero-order valence-corrected chi connectivity index (χ0v) is 15.4. The maximum Gasteiger partial charge on any atom is 0.174 e. The Kier molecular flexibility index (Phi) is 4.59. The maximum absolute atomic E-state index is 12.1. The van der Waals surface area contributed by atoms with Gasteiger partial charge in [0.15, 0.2) is 20.5 Å². The van der Waals surface area contributed by atoms with E-state index in [2.05, 4.69) is 60.7 Å². The van der Waals surface area contributed by atoms with Crippen LogP contribution >= 0.6 is 0 Å². The van der Waals surface area contributed by atoms with Gasteiger partial charge in [-0.3, -0.25) is 4.79 Å². The van der Waals surface area contributed by atoms with Crippen LogP contribution < -0.4 is 0 Å². The van der Waals surface area contributed by atoms with Crippen molar-refractivity contribution in [2.24, 2.45) is 0 Å². The first kappa shape index (κ1) is 16.6. The smallest absolute Gasteiger partial charge is 0.174 e. The van der Waals surface area contributed by atoms with Crippen molar-refractivity contribution in [3.63, 3.8) is 0 Å². The van der Waals surface area contributed by atoms with Crippen molar-refractivity contribution in [3.05, 3.63) is 103 Å². The topological polar surface area (TPSA) is 17.1 Å². The lowest BCUT2D eigenvalue weighted by molar-refractivity contribution is 0.101. The van der Waals surface area contributed by atoms with E-state index in [4.69, 9.17) is 0 Å². The number of Topliss-reactive ketones (excluding diaryl/α,β-unsaturated/α-hetero) is 1. The summed E-state index contributed by atoms with van der Waals surface area (Å²) in [5.41, 5.74) is 0.786. The summed E-state index contributed by atoms with van der Waals surface area (Å²) in [5.74, 6) is 0.104. The van der Waals surface area contributed by atoms with E-state index >= 15 is 0 Å². The fourth-order valence-corrected chi connectivity index (χ4v) is 5.50. The summed E-state index contributed by atoms with van der Waals surface area (Å²) < 4.78 is 0. The Hall–Kier alpha value is -2.84. The van der Waals surface area contributed by atoms with Gasteiger partial charge in [-0.1, -0.05) is 54.6 Å². The molecule has 0 heterocycles. The first-order valence-corrected chi connectivity index (χ1v) is 9.85. The molecule has 0 amide bonds. The van der Waals surface area contributed by atoms with E-state index in [1.54, 1.807) is 6.92 Å². The predicted octanol–water partition coefficient (Wildman–Crippen LogP) is 6.14. The minimum Gasteiger partial charge on any atom is -0.294 e. The average molecular weight is 355 g/mol. The van der Waals surface area contributed by atoms with Gasteiger partial charge in [-0.2, -0.15) is 0 Å². The highest BCUT2D eigenvalue weighted by Gasteiger charge is 2.30. The van der Waals surface area contributed by atoms with Gasteiger partial charge in [0.25, 0.3) is 0 Å². The molecule has 0 spiro atoms. The lowest BCUT2D eigenvalue weighted by atomic mass is 10.0. The SMILES string of the molecule is CC(=O)c1ccc([S+](c2ccccc2)c2ccccc2)c2ccccc12. The van der Waals surface area contributed by atoms with Crippen molar-refractivity contribution >= 4 is 27.5 Å². The van der Waals surface area contributed by atoms with Gasteiger partial charge in [-0.25, -0.2) is 0 Å². The molecule has 4 rings (SSSR count). The van der Waals surface area contributed by atoms with Gasteiger partial charge in [-0.05, 0) is 54.8 Å². The number of rotatable bonds is 4. The normalized spacial score (nSPS) is 11.0. The van der Waals surface area contributed by atoms with E-state index in [0.29, 0.717) is 0 Å². The van der Waals surface area contributed by atoms with Crippen LogP contribution in [0.3, 0.4) is 0 Å². The molecule has 0 radical (unpaired) electrons. The van der Waals surface area contributed by atoms with Crippen LogP contribution in [0.5, 0.6) is 0 Å². The van der Waals surface area contributed by atoms with Crippen molar-refractivity contribution < 1.29 is 4.79 Å². The van der Waals surface area contributed by atoms with E-state index in [1.807, 2.05) is 36.4 Å². The molecule has 1 nitrogen and oxygen atoms in total. The molecule has 26 heavy (non-hydrogen) atoms. The molecule has 0 saturated carbocycles. The van der Waals surface area contributed by atoms with Crippen LogP contribution in [-0.4, -0.2) is 5.78 Å². The lowest BCUT2D eigenvalue weighted by Crippen LogP contribution is -2.06. The van der Waals surface area contributed by atoms with Gasteiger partial charge in [0.05, 0.1) is 10.9 Å². The van der Waals surface area contributed by atoms with Crippen LogP contribution in [-0.2, 0) is 10.9 Å². The summed E-state index contributed by atoms with van der Waals surface area (Å²) in [6, 6.07) is 33.5. The third-order valence-electron chi connectivity index (χ3n) is 4.44. The summed E-state index contributed by atoms with van der Waals surface area (Å²) in [5, 5.41) is 2.18. The number of carbonyl (C=O) groups excluding carboxylic acids is 1. The Balaban J connectivity index is 2.01. The van der Waals surface area contributed by atoms with Crippen LogP contribution in [0.15, 0.2) is 112 Å². The summed E-state index contributed by atoms with van der Waals surface area (Å²) in [7, 11) is -0.222. The van der Waals surface area contributed by atoms with Gasteiger partial charge in [0.1, 0.15) is 0 Å². The number of benzene rings is 4. The highest BCUT2D eigenvalue weighted by atomic mass is 32.2. The van der Waals surface area contributed by atoms with E-state index in [-0.39, 0.29) is 16.7 Å². The molecule has 0 aliphatic heterocycles. The molecule has 0 unspecified atom stereocenters. The highest BCUT2D eigenvalue weighted by molar-refractivity contribution is 7.97. The average Bonchev–Trinajstić information content (AvgIpc) is 2.70. The van der Waals surface area contributed by atoms with Gasteiger partial charge in [0.2, 0.25) is 0 Å². The van der Waals surface area contributed by atoms with Crippen LogP contribution in [0, 0.1) is 0 Å². The number of hydrogen-bond acceptors (Lipinski definition) is 1. The van der Waals surface area contributed by atoms with E-state index in [0.717, 1.165) is 16.3 Å². The van der Waals surface area contributed by atoms with Crippen molar-refractivity contribution in [1.29, 1.82) is 0 Å². The number of fused-ring (bicyclic) bond motifs is 1. The fourth-order valence-electron chi connectivity index (χ4n) is 3.26. The second kappa shape index (κ2) is 7.19. The van der Waals surface area contributed by atoms with Crippen molar-refractivity contribution in [1.82, 2.24) is 0 Å². The van der Waals surface area contributed by atoms with Crippen LogP contribution in [0.4, 0.5) is 0 Å². The molecule has 126 valence electrons. The number of hydrogen-bond donors (Lipinski definition) is 0. The molecule has 4 aromatic rings. The number of ketones is 1. The van der Waals surface area contributed by atoms with Gasteiger partial charge < -0.3 is 0 Å². The second-order valence-electron chi connectivity index (χ2n) is 6.15. The third kappa shape index (κ3) is 3.04. The molecule has 4 aromatic carbocycles. The van der Waals surface area contributed by atoms with Crippen LogP contribution in [0.25, 0.3) is 10.8 Å². The minimum absolute atomic E-state index is 0.104. The molecule has 0 fully saturated rings. The zero-order chi connectivity index (χ0) is 17.9. The number of carbonyl (C=O) groups is 1. The van der Waals surface area contributed by atoms with E-state index < -0.39 is 0 Å². The third-order valence-corrected chi connectivity index (χ3v) is 6.72. The minimum atomic E-state index is -0.222. The summed E-state index contributed by atoms with van der Waals surface area (Å²) in [6.07, 6.45) is 0. The zero-order valence-electron chi connectivity index (χ0n) is 14.6. The standard InChI is InChI=1S/C24H19OS/c1-18(25)21-16-17-24(23-15-9-8-14-22(21)23)26(19-10-4-2-5-11-19)20-12-6-3-7-13-20/h2-17H,1H3/q+1. The largest absolute Gasteiger partial charge is 0.294 e. The summed E-state index contributed by atoms with van der Waals surface area (Å²) in [6.45, 7) is 1.63. The first-order valence-electron chi connectivity index (χ1n) is 8.63. The molecule has 0 saturated heterocycles.